The summed E-state index contributed by atoms with van der Waals surface area (Å²) in [6.07, 6.45) is 0.823. The van der Waals surface area contributed by atoms with Gasteiger partial charge in [0.25, 0.3) is 0 Å². The number of halogens is 1. The lowest BCUT2D eigenvalue weighted by atomic mass is 10.0. The van der Waals surface area contributed by atoms with Gasteiger partial charge in [0.15, 0.2) is 6.29 Å². The summed E-state index contributed by atoms with van der Waals surface area (Å²) in [5, 5.41) is 0. The van der Waals surface area contributed by atoms with Gasteiger partial charge in [-0.3, -0.25) is 4.79 Å². The van der Waals surface area contributed by atoms with Crippen LogP contribution >= 0.6 is 0 Å². The zero-order chi connectivity index (χ0) is 10.6. The Morgan fingerprint density at radius 3 is 2.36 bits per heavy atom. The van der Waals surface area contributed by atoms with E-state index in [2.05, 4.69) is 0 Å². The van der Waals surface area contributed by atoms with Crippen molar-refractivity contribution in [1.29, 1.82) is 0 Å². The van der Waals surface area contributed by atoms with Gasteiger partial charge in [-0.2, -0.15) is 0 Å². The number of ether oxygens (including phenoxy) is 1. The lowest BCUT2D eigenvalue weighted by Gasteiger charge is -2.08. The summed E-state index contributed by atoms with van der Waals surface area (Å²) in [6.45, 7) is 3.21. The van der Waals surface area contributed by atoms with Crippen LogP contribution in [0.25, 0.3) is 0 Å². The summed E-state index contributed by atoms with van der Waals surface area (Å²) >= 11 is 0. The van der Waals surface area contributed by atoms with Crippen LogP contribution < -0.4 is 4.74 Å². The second kappa shape index (κ2) is 4.74. The molecule has 1 rings (SSSR count). The normalized spacial score (nSPS) is 9.93. The van der Waals surface area contributed by atoms with E-state index in [-0.39, 0.29) is 6.61 Å². The van der Waals surface area contributed by atoms with Crippen LogP contribution in [0.3, 0.4) is 0 Å². The van der Waals surface area contributed by atoms with E-state index >= 15 is 0 Å². The number of carbonyl (C=O) groups is 1. The summed E-state index contributed by atoms with van der Waals surface area (Å²) in [5.74, 6) is 0.614. The average Bonchev–Trinajstić information content (AvgIpc) is 2.14. The first-order chi connectivity index (χ1) is 6.69. The third-order valence-electron chi connectivity index (χ3n) is 2.03. The molecule has 0 saturated carbocycles. The molecule has 0 amide bonds. The van der Waals surface area contributed by atoms with Crippen LogP contribution in [-0.4, -0.2) is 19.6 Å². The molecule has 0 unspecified atom stereocenters. The van der Waals surface area contributed by atoms with E-state index in [4.69, 9.17) is 4.74 Å². The molecule has 0 spiro atoms. The van der Waals surface area contributed by atoms with Crippen molar-refractivity contribution in [3.8, 4) is 5.75 Å². The predicted molar refractivity (Wildman–Crippen MR) is 52.8 cm³/mol. The van der Waals surface area contributed by atoms with Gasteiger partial charge >= 0.3 is 0 Å². The summed E-state index contributed by atoms with van der Waals surface area (Å²) in [6, 6.07) is 3.48. The number of aldehydes is 1. The van der Waals surface area contributed by atoms with E-state index in [9.17, 15) is 9.18 Å². The number of aryl methyl sites for hydroxylation is 2. The molecule has 1 aromatic carbocycles. The lowest BCUT2D eigenvalue weighted by molar-refractivity contribution is 0.112. The van der Waals surface area contributed by atoms with E-state index in [0.29, 0.717) is 11.3 Å². The fraction of sp³-hybridized carbons (Fsp3) is 0.364. The van der Waals surface area contributed by atoms with Crippen LogP contribution in [0.4, 0.5) is 4.39 Å². The van der Waals surface area contributed by atoms with Gasteiger partial charge in [-0.1, -0.05) is 0 Å². The number of rotatable bonds is 4. The molecular formula is C11H13FO2. The lowest BCUT2D eigenvalue weighted by Crippen LogP contribution is -2.00. The first kappa shape index (κ1) is 10.7. The fourth-order valence-electron chi connectivity index (χ4n) is 1.36. The molecule has 2 nitrogen and oxygen atoms in total. The average molecular weight is 196 g/mol. The molecule has 0 aliphatic carbocycles. The van der Waals surface area contributed by atoms with Gasteiger partial charge in [-0.05, 0) is 37.1 Å². The molecule has 0 bridgehead atoms. The summed E-state index contributed by atoms with van der Waals surface area (Å²) < 4.78 is 17.0. The topological polar surface area (TPSA) is 26.3 Å². The molecule has 76 valence electrons. The van der Waals surface area contributed by atoms with Gasteiger partial charge in [0.2, 0.25) is 0 Å². The highest BCUT2D eigenvalue weighted by atomic mass is 19.1. The molecule has 3 heteroatoms. The van der Waals surface area contributed by atoms with E-state index in [0.717, 1.165) is 17.4 Å². The second-order valence-electron chi connectivity index (χ2n) is 3.13. The molecule has 0 fully saturated rings. The largest absolute Gasteiger partial charge is 0.491 e. The van der Waals surface area contributed by atoms with E-state index in [1.165, 1.54) is 0 Å². The number of alkyl halides is 1. The highest BCUT2D eigenvalue weighted by molar-refractivity contribution is 5.79. The zero-order valence-corrected chi connectivity index (χ0v) is 8.34. The number of benzene rings is 1. The Morgan fingerprint density at radius 1 is 1.36 bits per heavy atom. The summed E-state index contributed by atoms with van der Waals surface area (Å²) in [7, 11) is 0. The van der Waals surface area contributed by atoms with E-state index in [1.54, 1.807) is 12.1 Å². The Labute approximate surface area is 82.7 Å². The molecule has 0 atom stereocenters. The Bertz CT molecular complexity index is 311. The first-order valence-electron chi connectivity index (χ1n) is 4.44. The number of hydrogen-bond donors (Lipinski definition) is 0. The smallest absolute Gasteiger partial charge is 0.150 e. The number of carbonyl (C=O) groups excluding carboxylic acids is 1. The third-order valence-corrected chi connectivity index (χ3v) is 2.03. The highest BCUT2D eigenvalue weighted by Crippen LogP contribution is 2.20. The van der Waals surface area contributed by atoms with Crippen LogP contribution in [0.5, 0.6) is 5.75 Å². The maximum absolute atomic E-state index is 11.8. The molecule has 0 aromatic heterocycles. The molecule has 0 N–H and O–H groups in total. The van der Waals surface area contributed by atoms with Gasteiger partial charge in [0.1, 0.15) is 19.0 Å². The van der Waals surface area contributed by atoms with Crippen molar-refractivity contribution in [2.24, 2.45) is 0 Å². The van der Waals surface area contributed by atoms with Gasteiger partial charge in [-0.25, -0.2) is 4.39 Å². The molecular weight excluding hydrogens is 183 g/mol. The third kappa shape index (κ3) is 2.31. The fourth-order valence-corrected chi connectivity index (χ4v) is 1.36. The van der Waals surface area contributed by atoms with E-state index in [1.807, 2.05) is 13.8 Å². The van der Waals surface area contributed by atoms with Crippen LogP contribution in [0, 0.1) is 13.8 Å². The van der Waals surface area contributed by atoms with Crippen LogP contribution in [-0.2, 0) is 0 Å². The van der Waals surface area contributed by atoms with Crippen molar-refractivity contribution in [2.75, 3.05) is 13.3 Å². The molecule has 0 aliphatic heterocycles. The van der Waals surface area contributed by atoms with Crippen molar-refractivity contribution in [2.45, 2.75) is 13.8 Å². The van der Waals surface area contributed by atoms with Crippen molar-refractivity contribution in [1.82, 2.24) is 0 Å². The van der Waals surface area contributed by atoms with Crippen LogP contribution in [0.2, 0.25) is 0 Å². The quantitative estimate of drug-likeness (QED) is 0.691. The van der Waals surface area contributed by atoms with Gasteiger partial charge < -0.3 is 4.74 Å². The predicted octanol–water partition coefficient (Wildman–Crippen LogP) is 2.46. The van der Waals surface area contributed by atoms with E-state index < -0.39 is 6.67 Å². The molecule has 0 heterocycles. The monoisotopic (exact) mass is 196 g/mol. The molecule has 14 heavy (non-hydrogen) atoms. The first-order valence-corrected chi connectivity index (χ1v) is 4.44. The maximum atomic E-state index is 11.8. The zero-order valence-electron chi connectivity index (χ0n) is 8.34. The Hall–Kier alpha value is -1.38. The minimum Gasteiger partial charge on any atom is -0.491 e. The minimum atomic E-state index is -0.506. The number of hydrogen-bond acceptors (Lipinski definition) is 2. The second-order valence-corrected chi connectivity index (χ2v) is 3.13. The van der Waals surface area contributed by atoms with Gasteiger partial charge in [0.05, 0.1) is 0 Å². The minimum absolute atomic E-state index is 0.0549. The van der Waals surface area contributed by atoms with Crippen molar-refractivity contribution in [3.63, 3.8) is 0 Å². The Morgan fingerprint density at radius 2 is 1.93 bits per heavy atom. The summed E-state index contributed by atoms with van der Waals surface area (Å²) in [5.41, 5.74) is 2.39. The Balaban J connectivity index is 2.95. The summed E-state index contributed by atoms with van der Waals surface area (Å²) in [4.78, 5) is 10.7. The van der Waals surface area contributed by atoms with Crippen molar-refractivity contribution < 1.29 is 13.9 Å². The van der Waals surface area contributed by atoms with Crippen molar-refractivity contribution in [3.05, 3.63) is 28.8 Å². The molecule has 0 aliphatic rings. The van der Waals surface area contributed by atoms with Crippen LogP contribution in [0.1, 0.15) is 21.5 Å². The Kier molecular flexibility index (Phi) is 3.63. The van der Waals surface area contributed by atoms with Gasteiger partial charge in [0, 0.05) is 5.56 Å². The maximum Gasteiger partial charge on any atom is 0.150 e. The standard InChI is InChI=1S/C11H13FO2/c1-8-5-10(14-4-3-12)6-9(2)11(8)7-13/h5-7H,3-4H2,1-2H3. The SMILES string of the molecule is Cc1cc(OCCF)cc(C)c1C=O. The van der Waals surface area contributed by atoms with Crippen LogP contribution in [0.15, 0.2) is 12.1 Å². The van der Waals surface area contributed by atoms with Gasteiger partial charge in [-0.15, -0.1) is 0 Å². The molecule has 0 radical (unpaired) electrons. The molecule has 0 saturated heterocycles. The highest BCUT2D eigenvalue weighted by Gasteiger charge is 2.04. The van der Waals surface area contributed by atoms with Crippen molar-refractivity contribution >= 4 is 6.29 Å². The molecule has 1 aromatic rings.